The van der Waals surface area contributed by atoms with E-state index < -0.39 is 0 Å². The standard InChI is InChI=1S/C15H31N/c1-5-7-8-11-14(16-6-2)13-10-9-12-15(13,3)4/h13-14,16H,5-12H2,1-4H3. The summed E-state index contributed by atoms with van der Waals surface area (Å²) in [5.74, 6) is 0.907. The number of hydrogen-bond donors (Lipinski definition) is 1. The molecule has 0 spiro atoms. The molecule has 0 aliphatic heterocycles. The van der Waals surface area contributed by atoms with Gasteiger partial charge in [0.1, 0.15) is 0 Å². The van der Waals surface area contributed by atoms with Crippen molar-refractivity contribution in [3.05, 3.63) is 0 Å². The van der Waals surface area contributed by atoms with E-state index in [4.69, 9.17) is 0 Å². The van der Waals surface area contributed by atoms with Gasteiger partial charge in [-0.25, -0.2) is 0 Å². The maximum Gasteiger partial charge on any atom is 0.0100 e. The van der Waals surface area contributed by atoms with Crippen molar-refractivity contribution in [2.45, 2.75) is 78.7 Å². The number of unbranched alkanes of at least 4 members (excludes halogenated alkanes) is 2. The minimum Gasteiger partial charge on any atom is -0.314 e. The Morgan fingerprint density at radius 3 is 2.50 bits per heavy atom. The molecule has 1 fully saturated rings. The minimum absolute atomic E-state index is 0.569. The Morgan fingerprint density at radius 2 is 2.00 bits per heavy atom. The molecule has 1 nitrogen and oxygen atoms in total. The summed E-state index contributed by atoms with van der Waals surface area (Å²) in [6.45, 7) is 10.6. The highest BCUT2D eigenvalue weighted by Crippen LogP contribution is 2.45. The van der Waals surface area contributed by atoms with Crippen molar-refractivity contribution < 1.29 is 0 Å². The molecule has 0 aromatic heterocycles. The fourth-order valence-electron chi connectivity index (χ4n) is 3.42. The lowest BCUT2D eigenvalue weighted by atomic mass is 9.76. The first-order valence-corrected chi connectivity index (χ1v) is 7.35. The summed E-state index contributed by atoms with van der Waals surface area (Å²) >= 11 is 0. The monoisotopic (exact) mass is 225 g/mol. The smallest absolute Gasteiger partial charge is 0.0100 e. The van der Waals surface area contributed by atoms with Gasteiger partial charge in [0.2, 0.25) is 0 Å². The second-order valence-corrected chi connectivity index (χ2v) is 6.15. The van der Waals surface area contributed by atoms with Gasteiger partial charge in [-0.05, 0) is 37.1 Å². The first-order chi connectivity index (χ1) is 7.61. The highest BCUT2D eigenvalue weighted by molar-refractivity contribution is 4.92. The number of nitrogens with one attached hydrogen (secondary N) is 1. The Morgan fingerprint density at radius 1 is 1.25 bits per heavy atom. The highest BCUT2D eigenvalue weighted by Gasteiger charge is 2.38. The number of hydrogen-bond acceptors (Lipinski definition) is 1. The summed E-state index contributed by atoms with van der Waals surface area (Å²) in [5, 5.41) is 3.74. The predicted molar refractivity (Wildman–Crippen MR) is 72.7 cm³/mol. The zero-order valence-electron chi connectivity index (χ0n) is 11.8. The first-order valence-electron chi connectivity index (χ1n) is 7.35. The molecule has 0 radical (unpaired) electrons. The average molecular weight is 225 g/mol. The van der Waals surface area contributed by atoms with Crippen molar-refractivity contribution in [3.8, 4) is 0 Å². The second kappa shape index (κ2) is 6.64. The van der Waals surface area contributed by atoms with Gasteiger partial charge in [-0.15, -0.1) is 0 Å². The zero-order chi connectivity index (χ0) is 12.0. The van der Waals surface area contributed by atoms with E-state index in [0.717, 1.165) is 18.5 Å². The van der Waals surface area contributed by atoms with Crippen LogP contribution in [0.5, 0.6) is 0 Å². The van der Waals surface area contributed by atoms with E-state index in [-0.39, 0.29) is 0 Å². The molecule has 96 valence electrons. The van der Waals surface area contributed by atoms with Crippen molar-refractivity contribution in [1.29, 1.82) is 0 Å². The Bertz CT molecular complexity index is 186. The lowest BCUT2D eigenvalue weighted by Gasteiger charge is -2.35. The summed E-state index contributed by atoms with van der Waals surface area (Å²) in [6, 6.07) is 0.772. The summed E-state index contributed by atoms with van der Waals surface area (Å²) < 4.78 is 0. The van der Waals surface area contributed by atoms with E-state index in [2.05, 4.69) is 33.0 Å². The molecular formula is C15H31N. The predicted octanol–water partition coefficient (Wildman–Crippen LogP) is 4.37. The summed E-state index contributed by atoms with van der Waals surface area (Å²) in [7, 11) is 0. The molecule has 2 unspecified atom stereocenters. The van der Waals surface area contributed by atoms with Gasteiger partial charge in [0.05, 0.1) is 0 Å². The number of rotatable bonds is 7. The van der Waals surface area contributed by atoms with Crippen molar-refractivity contribution in [1.82, 2.24) is 5.32 Å². The molecule has 0 aromatic carbocycles. The topological polar surface area (TPSA) is 12.0 Å². The molecular weight excluding hydrogens is 194 g/mol. The van der Waals surface area contributed by atoms with Crippen LogP contribution in [-0.4, -0.2) is 12.6 Å². The van der Waals surface area contributed by atoms with Crippen LogP contribution in [0.3, 0.4) is 0 Å². The summed E-state index contributed by atoms with van der Waals surface area (Å²) in [6.07, 6.45) is 9.83. The molecule has 1 saturated carbocycles. The quantitative estimate of drug-likeness (QED) is 0.634. The molecule has 1 rings (SSSR count). The lowest BCUT2D eigenvalue weighted by Crippen LogP contribution is -2.40. The summed E-state index contributed by atoms with van der Waals surface area (Å²) in [4.78, 5) is 0. The van der Waals surface area contributed by atoms with Crippen molar-refractivity contribution in [2.75, 3.05) is 6.54 Å². The zero-order valence-corrected chi connectivity index (χ0v) is 11.8. The van der Waals surface area contributed by atoms with Crippen LogP contribution in [0.2, 0.25) is 0 Å². The Labute approximate surface area is 102 Å². The molecule has 0 aromatic rings. The van der Waals surface area contributed by atoms with Gasteiger partial charge < -0.3 is 5.32 Å². The average Bonchev–Trinajstić information content (AvgIpc) is 2.57. The van der Waals surface area contributed by atoms with Crippen LogP contribution < -0.4 is 5.32 Å². The third-order valence-corrected chi connectivity index (χ3v) is 4.41. The van der Waals surface area contributed by atoms with Crippen molar-refractivity contribution >= 4 is 0 Å². The van der Waals surface area contributed by atoms with Gasteiger partial charge in [0.25, 0.3) is 0 Å². The maximum atomic E-state index is 3.74. The Balaban J connectivity index is 2.48. The van der Waals surface area contributed by atoms with Crippen LogP contribution in [0.1, 0.15) is 72.6 Å². The molecule has 0 heterocycles. The van der Waals surface area contributed by atoms with Gasteiger partial charge in [0.15, 0.2) is 0 Å². The van der Waals surface area contributed by atoms with Gasteiger partial charge >= 0.3 is 0 Å². The molecule has 0 amide bonds. The second-order valence-electron chi connectivity index (χ2n) is 6.15. The van der Waals surface area contributed by atoms with E-state index in [1.54, 1.807) is 0 Å². The van der Waals surface area contributed by atoms with Crippen LogP contribution in [0.4, 0.5) is 0 Å². The van der Waals surface area contributed by atoms with Gasteiger partial charge in [-0.3, -0.25) is 0 Å². The first kappa shape index (κ1) is 14.0. The molecule has 1 aliphatic carbocycles. The third-order valence-electron chi connectivity index (χ3n) is 4.41. The minimum atomic E-state index is 0.569. The van der Waals surface area contributed by atoms with Gasteiger partial charge in [-0.1, -0.05) is 53.4 Å². The SMILES string of the molecule is CCCCCC(NCC)C1CCCC1(C)C. The highest BCUT2D eigenvalue weighted by atomic mass is 14.9. The van der Waals surface area contributed by atoms with Crippen LogP contribution in [-0.2, 0) is 0 Å². The fourth-order valence-corrected chi connectivity index (χ4v) is 3.42. The fraction of sp³-hybridized carbons (Fsp3) is 1.00. The Hall–Kier alpha value is -0.0400. The van der Waals surface area contributed by atoms with Crippen LogP contribution in [0.15, 0.2) is 0 Å². The van der Waals surface area contributed by atoms with Gasteiger partial charge in [-0.2, -0.15) is 0 Å². The van der Waals surface area contributed by atoms with Crippen LogP contribution in [0, 0.1) is 11.3 Å². The van der Waals surface area contributed by atoms with E-state index in [0.29, 0.717) is 5.41 Å². The maximum absolute atomic E-state index is 3.74. The van der Waals surface area contributed by atoms with E-state index in [1.807, 2.05) is 0 Å². The van der Waals surface area contributed by atoms with E-state index in [9.17, 15) is 0 Å². The van der Waals surface area contributed by atoms with E-state index in [1.165, 1.54) is 44.9 Å². The molecule has 16 heavy (non-hydrogen) atoms. The molecule has 1 heteroatoms. The van der Waals surface area contributed by atoms with Crippen LogP contribution in [0.25, 0.3) is 0 Å². The molecule has 1 aliphatic rings. The normalized spacial score (nSPS) is 25.9. The third kappa shape index (κ3) is 3.76. The van der Waals surface area contributed by atoms with Crippen molar-refractivity contribution in [3.63, 3.8) is 0 Å². The molecule has 0 saturated heterocycles. The largest absolute Gasteiger partial charge is 0.314 e. The van der Waals surface area contributed by atoms with Crippen molar-refractivity contribution in [2.24, 2.45) is 11.3 Å². The van der Waals surface area contributed by atoms with Crippen LogP contribution >= 0.6 is 0 Å². The summed E-state index contributed by atoms with van der Waals surface area (Å²) in [5.41, 5.74) is 0.569. The molecule has 0 bridgehead atoms. The van der Waals surface area contributed by atoms with E-state index >= 15 is 0 Å². The Kier molecular flexibility index (Phi) is 5.82. The molecule has 1 N–H and O–H groups in total. The van der Waals surface area contributed by atoms with Gasteiger partial charge in [0, 0.05) is 6.04 Å². The lowest BCUT2D eigenvalue weighted by molar-refractivity contribution is 0.188. The molecule has 2 atom stereocenters.